The molecule has 0 bridgehead atoms. The van der Waals surface area contributed by atoms with Crippen molar-refractivity contribution in [1.29, 1.82) is 0 Å². The minimum atomic E-state index is -3.31. The van der Waals surface area contributed by atoms with E-state index in [-0.39, 0.29) is 12.1 Å². The van der Waals surface area contributed by atoms with Gasteiger partial charge in [-0.25, -0.2) is 13.1 Å². The van der Waals surface area contributed by atoms with Crippen molar-refractivity contribution in [2.75, 3.05) is 0 Å². The maximum Gasteiger partial charge on any atom is 0.240 e. The Balaban J connectivity index is 0.000000262. The molecule has 0 aliphatic rings. The van der Waals surface area contributed by atoms with Gasteiger partial charge in [-0.15, -0.1) is 13.2 Å². The molecule has 4 rings (SSSR count). The van der Waals surface area contributed by atoms with Crippen LogP contribution in [0.5, 0.6) is 0 Å². The van der Waals surface area contributed by atoms with Crippen molar-refractivity contribution >= 4 is 26.0 Å². The molecule has 1 N–H and O–H groups in total. The first-order chi connectivity index (χ1) is 17.2. The van der Waals surface area contributed by atoms with E-state index in [2.05, 4.69) is 82.1 Å². The van der Waals surface area contributed by atoms with Gasteiger partial charge in [0.1, 0.15) is 11.4 Å². The Morgan fingerprint density at radius 3 is 1.64 bits per heavy atom. The topological polar surface area (TPSA) is 76.9 Å². The van der Waals surface area contributed by atoms with E-state index in [1.54, 1.807) is 49.0 Å². The Hall–Kier alpha value is -3.07. The molecule has 4 aromatic rings. The second kappa shape index (κ2) is 13.9. The second-order valence-corrected chi connectivity index (χ2v) is 10.9. The van der Waals surface area contributed by atoms with Gasteiger partial charge in [0.15, 0.2) is 0 Å². The molecular weight excluding hydrogens is 536 g/mol. The van der Waals surface area contributed by atoms with Gasteiger partial charge in [-0.1, -0.05) is 76.6 Å². The predicted octanol–water partition coefficient (Wildman–Crippen LogP) is 7.13. The number of halogens is 1. The van der Waals surface area contributed by atoms with Gasteiger partial charge in [0, 0.05) is 21.6 Å². The van der Waals surface area contributed by atoms with Crippen LogP contribution in [0.4, 0.5) is 0 Å². The molecule has 0 saturated carbocycles. The summed E-state index contributed by atoms with van der Waals surface area (Å²) >= 11 is 3.47. The normalized spacial score (nSPS) is 10.9. The van der Waals surface area contributed by atoms with Crippen LogP contribution in [0, 0.1) is 0 Å². The third-order valence-electron chi connectivity index (χ3n) is 4.70. The number of hydrogen-bond acceptors (Lipinski definition) is 4. The third kappa shape index (κ3) is 8.26. The van der Waals surface area contributed by atoms with E-state index in [0.717, 1.165) is 27.0 Å². The number of hydrogen-bond donors (Lipinski definition) is 1. The minimum Gasteiger partial charge on any atom is -0.209 e. The van der Waals surface area contributed by atoms with Gasteiger partial charge in [-0.2, -0.15) is 15.0 Å². The zero-order valence-electron chi connectivity index (χ0n) is 21.1. The van der Waals surface area contributed by atoms with Crippen LogP contribution in [-0.4, -0.2) is 29.5 Å². The average molecular weight is 570 g/mol. The molecule has 0 atom stereocenters. The maximum atomic E-state index is 11.5. The van der Waals surface area contributed by atoms with Crippen LogP contribution in [0.1, 0.15) is 33.7 Å². The summed E-state index contributed by atoms with van der Waals surface area (Å²) in [6.45, 7) is 13.8. The molecule has 0 aliphatic heterocycles. The van der Waals surface area contributed by atoms with Crippen LogP contribution in [0.25, 0.3) is 22.5 Å². The lowest BCUT2D eigenvalue weighted by Crippen LogP contribution is -2.30. The molecule has 0 amide bonds. The quantitative estimate of drug-likeness (QED) is 0.251. The number of sulfonamides is 1. The van der Waals surface area contributed by atoms with Crippen molar-refractivity contribution in [2.45, 2.75) is 44.7 Å². The molecule has 36 heavy (non-hydrogen) atoms. The Morgan fingerprint density at radius 1 is 0.750 bits per heavy atom. The van der Waals surface area contributed by atoms with E-state index in [1.165, 1.54) is 0 Å². The van der Waals surface area contributed by atoms with Crippen LogP contribution in [0.15, 0.2) is 107 Å². The first kappa shape index (κ1) is 29.2. The van der Waals surface area contributed by atoms with E-state index in [0.29, 0.717) is 4.90 Å². The predicted molar refractivity (Wildman–Crippen MR) is 152 cm³/mol. The number of aromatic nitrogens is 3. The Kier molecular flexibility index (Phi) is 11.2. The molecule has 190 valence electrons. The fraction of sp³-hybridized carbons (Fsp3) is 0.214. The van der Waals surface area contributed by atoms with Gasteiger partial charge in [0.05, 0.1) is 10.9 Å². The van der Waals surface area contributed by atoms with E-state index >= 15 is 0 Å². The highest BCUT2D eigenvalue weighted by atomic mass is 79.9. The van der Waals surface area contributed by atoms with Crippen LogP contribution in [0.2, 0.25) is 0 Å². The fourth-order valence-corrected chi connectivity index (χ4v) is 4.66. The van der Waals surface area contributed by atoms with E-state index in [4.69, 9.17) is 0 Å². The van der Waals surface area contributed by atoms with Crippen molar-refractivity contribution in [3.8, 4) is 22.5 Å². The lowest BCUT2D eigenvalue weighted by Gasteiger charge is -2.08. The van der Waals surface area contributed by atoms with Crippen LogP contribution in [0.3, 0.4) is 0 Å². The molecule has 0 unspecified atom stereocenters. The van der Waals surface area contributed by atoms with Gasteiger partial charge < -0.3 is 0 Å². The van der Waals surface area contributed by atoms with E-state index in [1.807, 2.05) is 30.3 Å². The van der Waals surface area contributed by atoms with Gasteiger partial charge in [0.2, 0.25) is 10.0 Å². The number of rotatable bonds is 6. The lowest BCUT2D eigenvalue weighted by atomic mass is 10.1. The summed E-state index contributed by atoms with van der Waals surface area (Å²) in [7, 11) is -3.31. The molecule has 0 saturated heterocycles. The first-order valence-corrected chi connectivity index (χ1v) is 13.8. The van der Waals surface area contributed by atoms with Gasteiger partial charge in [-0.3, -0.25) is 0 Å². The van der Waals surface area contributed by atoms with Crippen molar-refractivity contribution in [1.82, 2.24) is 19.7 Å². The Labute approximate surface area is 223 Å². The maximum absolute atomic E-state index is 11.5. The average Bonchev–Trinajstić information content (AvgIpc) is 3.33. The molecule has 0 radical (unpaired) electrons. The van der Waals surface area contributed by atoms with Gasteiger partial charge >= 0.3 is 0 Å². The minimum absolute atomic E-state index is 0.0785. The molecule has 8 heteroatoms. The summed E-state index contributed by atoms with van der Waals surface area (Å²) < 4.78 is 26.6. The molecular formula is C28H33BrN4O2S. The Bertz CT molecular complexity index is 1300. The third-order valence-corrected chi connectivity index (χ3v) is 6.90. The largest absolute Gasteiger partial charge is 0.240 e. The number of nitrogens with one attached hydrogen (secondary N) is 1. The summed E-state index contributed by atoms with van der Waals surface area (Å²) in [5, 5.41) is 9.35. The smallest absolute Gasteiger partial charge is 0.209 e. The standard InChI is InChI=1S/C17H16BrN3.C9H13NO2S.C2H4/c1-12(2)21-19-16(13-6-4-3-5-7-13)17(20-21)14-8-10-15(18)11-9-14;1-8(2)10-13(11,12)9-6-4-3-5-7-9;1-2/h3-12H,1-2H3;3-8,10H,1-2H3;1-2H2. The summed E-state index contributed by atoms with van der Waals surface area (Å²) in [4.78, 5) is 2.09. The SMILES string of the molecule is C=C.CC(C)NS(=O)(=O)c1ccccc1.CC(C)n1nc(-c2ccccc2)c(-c2ccc(Br)cc2)n1. The molecule has 0 spiro atoms. The van der Waals surface area contributed by atoms with Crippen LogP contribution < -0.4 is 4.72 Å². The number of nitrogens with zero attached hydrogens (tertiary/aromatic N) is 3. The molecule has 3 aromatic carbocycles. The van der Waals surface area contributed by atoms with Crippen LogP contribution in [-0.2, 0) is 10.0 Å². The molecule has 0 fully saturated rings. The van der Waals surface area contributed by atoms with E-state index in [9.17, 15) is 8.42 Å². The van der Waals surface area contributed by atoms with E-state index < -0.39 is 10.0 Å². The summed E-state index contributed by atoms with van der Waals surface area (Å²) in [6.07, 6.45) is 0. The highest BCUT2D eigenvalue weighted by Crippen LogP contribution is 2.30. The van der Waals surface area contributed by atoms with Crippen molar-refractivity contribution in [3.63, 3.8) is 0 Å². The molecule has 6 nitrogen and oxygen atoms in total. The number of benzene rings is 3. The lowest BCUT2D eigenvalue weighted by molar-refractivity contribution is 0.468. The summed E-state index contributed by atoms with van der Waals surface area (Å²) in [5.41, 5.74) is 4.00. The van der Waals surface area contributed by atoms with Crippen molar-refractivity contribution in [3.05, 3.63) is 103 Å². The van der Waals surface area contributed by atoms with Crippen LogP contribution >= 0.6 is 15.9 Å². The fourth-order valence-electron chi connectivity index (χ4n) is 3.12. The summed E-state index contributed by atoms with van der Waals surface area (Å²) in [5.74, 6) is 0. The highest BCUT2D eigenvalue weighted by molar-refractivity contribution is 9.10. The summed E-state index contributed by atoms with van der Waals surface area (Å²) in [6, 6.07) is 26.9. The second-order valence-electron chi connectivity index (χ2n) is 8.27. The van der Waals surface area contributed by atoms with Crippen molar-refractivity contribution in [2.24, 2.45) is 0 Å². The molecule has 1 heterocycles. The van der Waals surface area contributed by atoms with Gasteiger partial charge in [0.25, 0.3) is 0 Å². The zero-order chi connectivity index (χ0) is 26.7. The van der Waals surface area contributed by atoms with Crippen molar-refractivity contribution < 1.29 is 8.42 Å². The highest BCUT2D eigenvalue weighted by Gasteiger charge is 2.16. The monoisotopic (exact) mass is 568 g/mol. The Morgan fingerprint density at radius 2 is 1.19 bits per heavy atom. The molecule has 0 aliphatic carbocycles. The van der Waals surface area contributed by atoms with Gasteiger partial charge in [-0.05, 0) is 52.0 Å². The molecule has 1 aromatic heterocycles. The first-order valence-electron chi connectivity index (χ1n) is 11.5. The zero-order valence-corrected chi connectivity index (χ0v) is 23.5.